The van der Waals surface area contributed by atoms with Gasteiger partial charge in [0.15, 0.2) is 0 Å². The molecule has 1 rings (SSSR count). The molecule has 0 aliphatic heterocycles. The average Bonchev–Trinajstić information content (AvgIpc) is 2.44. The third-order valence-corrected chi connectivity index (χ3v) is 3.53. The molecule has 0 bridgehead atoms. The fourth-order valence-corrected chi connectivity index (χ4v) is 2.08. The first-order chi connectivity index (χ1) is 9.13. The van der Waals surface area contributed by atoms with Crippen molar-refractivity contribution >= 4 is 16.5 Å². The molecular formula is C12H16N4O2S. The van der Waals surface area contributed by atoms with Gasteiger partial charge < -0.3 is 4.84 Å². The summed E-state index contributed by atoms with van der Waals surface area (Å²) in [6, 6.07) is 1.90. The molecule has 1 heterocycles. The molecule has 0 N–H and O–H groups in total. The SMILES string of the molecule is CCCO/N=C(\C#N)c1cnc(C)c(S(=O)CC)n1. The number of oxime groups is 1. The topological polar surface area (TPSA) is 88.2 Å². The normalized spacial score (nSPS) is 12.8. The molecule has 0 radical (unpaired) electrons. The number of nitriles is 1. The zero-order valence-electron chi connectivity index (χ0n) is 11.2. The van der Waals surface area contributed by atoms with Crippen molar-refractivity contribution < 1.29 is 9.05 Å². The molecule has 0 fully saturated rings. The Morgan fingerprint density at radius 2 is 2.32 bits per heavy atom. The van der Waals surface area contributed by atoms with Crippen LogP contribution in [0.15, 0.2) is 16.4 Å². The molecule has 1 aromatic heterocycles. The van der Waals surface area contributed by atoms with Gasteiger partial charge in [-0.3, -0.25) is 9.19 Å². The predicted molar refractivity (Wildman–Crippen MR) is 72.1 cm³/mol. The Bertz CT molecular complexity index is 537. The molecule has 0 saturated heterocycles. The number of hydrogen-bond donors (Lipinski definition) is 0. The van der Waals surface area contributed by atoms with Crippen LogP contribution >= 0.6 is 0 Å². The third kappa shape index (κ3) is 4.10. The van der Waals surface area contributed by atoms with E-state index in [0.29, 0.717) is 23.1 Å². The minimum absolute atomic E-state index is 0.0373. The van der Waals surface area contributed by atoms with E-state index in [1.165, 1.54) is 6.20 Å². The number of aryl methyl sites for hydroxylation is 1. The van der Waals surface area contributed by atoms with Crippen LogP contribution in [0.1, 0.15) is 31.7 Å². The largest absolute Gasteiger partial charge is 0.395 e. The van der Waals surface area contributed by atoms with Gasteiger partial charge in [-0.2, -0.15) is 5.26 Å². The van der Waals surface area contributed by atoms with E-state index in [1.54, 1.807) is 13.8 Å². The summed E-state index contributed by atoms with van der Waals surface area (Å²) in [5.41, 5.74) is 0.909. The summed E-state index contributed by atoms with van der Waals surface area (Å²) < 4.78 is 11.8. The van der Waals surface area contributed by atoms with Crippen molar-refractivity contribution in [3.63, 3.8) is 0 Å². The highest BCUT2D eigenvalue weighted by atomic mass is 32.2. The minimum atomic E-state index is -1.22. The second-order valence-electron chi connectivity index (χ2n) is 3.66. The van der Waals surface area contributed by atoms with Crippen LogP contribution in [-0.4, -0.2) is 32.2 Å². The molecule has 19 heavy (non-hydrogen) atoms. The second kappa shape index (κ2) is 7.59. The first-order valence-corrected chi connectivity index (χ1v) is 7.28. The number of hydrogen-bond acceptors (Lipinski definition) is 6. The molecule has 1 atom stereocenters. The maximum Gasteiger partial charge on any atom is 0.206 e. The van der Waals surface area contributed by atoms with Gasteiger partial charge >= 0.3 is 0 Å². The van der Waals surface area contributed by atoms with E-state index < -0.39 is 10.8 Å². The second-order valence-corrected chi connectivity index (χ2v) is 5.32. The maximum absolute atomic E-state index is 11.8. The lowest BCUT2D eigenvalue weighted by molar-refractivity contribution is 0.145. The zero-order valence-corrected chi connectivity index (χ0v) is 12.0. The van der Waals surface area contributed by atoms with E-state index in [-0.39, 0.29) is 11.4 Å². The summed E-state index contributed by atoms with van der Waals surface area (Å²) in [5, 5.41) is 13.1. The van der Waals surface area contributed by atoms with Crippen LogP contribution < -0.4 is 0 Å². The van der Waals surface area contributed by atoms with Crippen molar-refractivity contribution in [2.45, 2.75) is 32.2 Å². The van der Waals surface area contributed by atoms with Gasteiger partial charge in [0.1, 0.15) is 23.4 Å². The third-order valence-electron chi connectivity index (χ3n) is 2.19. The van der Waals surface area contributed by atoms with E-state index in [9.17, 15) is 4.21 Å². The first-order valence-electron chi connectivity index (χ1n) is 5.96. The van der Waals surface area contributed by atoms with Gasteiger partial charge in [-0.1, -0.05) is 19.0 Å². The molecule has 102 valence electrons. The zero-order chi connectivity index (χ0) is 14.3. The molecule has 6 nitrogen and oxygen atoms in total. The predicted octanol–water partition coefficient (Wildman–Crippen LogP) is 1.57. The molecule has 0 spiro atoms. The molecule has 1 unspecified atom stereocenters. The monoisotopic (exact) mass is 280 g/mol. The van der Waals surface area contributed by atoms with E-state index >= 15 is 0 Å². The standard InChI is InChI=1S/C12H16N4O2S/c1-4-6-18-16-10(7-13)11-8-14-9(3)12(15-11)19(17)5-2/h8H,4-6H2,1-3H3/b16-10+. The Morgan fingerprint density at radius 1 is 1.58 bits per heavy atom. The first kappa shape index (κ1) is 15.2. The van der Waals surface area contributed by atoms with E-state index in [4.69, 9.17) is 10.1 Å². The fraction of sp³-hybridized carbons (Fsp3) is 0.500. The molecule has 0 aliphatic rings. The van der Waals surface area contributed by atoms with Crippen LogP contribution in [0.4, 0.5) is 0 Å². The lowest BCUT2D eigenvalue weighted by Gasteiger charge is -2.04. The van der Waals surface area contributed by atoms with Crippen LogP contribution in [-0.2, 0) is 15.6 Å². The van der Waals surface area contributed by atoms with Gasteiger partial charge in [0.2, 0.25) is 5.71 Å². The number of nitrogens with zero attached hydrogens (tertiary/aromatic N) is 4. The van der Waals surface area contributed by atoms with Crippen molar-refractivity contribution in [3.8, 4) is 6.07 Å². The van der Waals surface area contributed by atoms with Crippen LogP contribution in [0.25, 0.3) is 0 Å². The summed E-state index contributed by atoms with van der Waals surface area (Å²) in [6.45, 7) is 5.90. The summed E-state index contributed by atoms with van der Waals surface area (Å²) >= 11 is 0. The Hall–Kier alpha value is -1.81. The van der Waals surface area contributed by atoms with Crippen molar-refractivity contribution in [1.82, 2.24) is 9.97 Å². The molecule has 7 heteroatoms. The maximum atomic E-state index is 11.8. The molecule has 1 aromatic rings. The summed E-state index contributed by atoms with van der Waals surface area (Å²) in [5.74, 6) is 0.449. The fourth-order valence-electron chi connectivity index (χ4n) is 1.22. The highest BCUT2D eigenvalue weighted by molar-refractivity contribution is 7.84. The number of aromatic nitrogens is 2. The van der Waals surface area contributed by atoms with Gasteiger partial charge in [0.25, 0.3) is 0 Å². The van der Waals surface area contributed by atoms with Crippen LogP contribution in [0, 0.1) is 18.3 Å². The Kier molecular flexibility index (Phi) is 6.09. The average molecular weight is 280 g/mol. The summed E-state index contributed by atoms with van der Waals surface area (Å²) in [7, 11) is -1.22. The summed E-state index contributed by atoms with van der Waals surface area (Å²) in [6.07, 6.45) is 2.23. The van der Waals surface area contributed by atoms with Gasteiger partial charge in [-0.15, -0.1) is 0 Å². The van der Waals surface area contributed by atoms with Gasteiger partial charge in [-0.25, -0.2) is 4.98 Å². The van der Waals surface area contributed by atoms with E-state index in [1.807, 2.05) is 13.0 Å². The molecule has 0 aromatic carbocycles. The Labute approximate surface area is 115 Å². The van der Waals surface area contributed by atoms with E-state index in [2.05, 4.69) is 15.1 Å². The van der Waals surface area contributed by atoms with Gasteiger partial charge in [0.05, 0.1) is 22.7 Å². The summed E-state index contributed by atoms with van der Waals surface area (Å²) in [4.78, 5) is 13.3. The smallest absolute Gasteiger partial charge is 0.206 e. The number of rotatable bonds is 6. The highest BCUT2D eigenvalue weighted by Gasteiger charge is 2.13. The van der Waals surface area contributed by atoms with Gasteiger partial charge in [0, 0.05) is 5.75 Å². The van der Waals surface area contributed by atoms with Crippen molar-refractivity contribution in [2.75, 3.05) is 12.4 Å². The van der Waals surface area contributed by atoms with E-state index in [0.717, 1.165) is 6.42 Å². The van der Waals surface area contributed by atoms with Crippen molar-refractivity contribution in [3.05, 3.63) is 17.6 Å². The van der Waals surface area contributed by atoms with Crippen molar-refractivity contribution in [2.24, 2.45) is 5.16 Å². The molecule has 0 aliphatic carbocycles. The molecule has 0 amide bonds. The minimum Gasteiger partial charge on any atom is -0.395 e. The Balaban J connectivity index is 3.10. The lowest BCUT2D eigenvalue weighted by Crippen LogP contribution is -2.09. The molecule has 0 saturated carbocycles. The highest BCUT2D eigenvalue weighted by Crippen LogP contribution is 2.09. The van der Waals surface area contributed by atoms with Crippen LogP contribution in [0.2, 0.25) is 0 Å². The van der Waals surface area contributed by atoms with Crippen LogP contribution in [0.3, 0.4) is 0 Å². The van der Waals surface area contributed by atoms with Gasteiger partial charge in [-0.05, 0) is 13.3 Å². The quantitative estimate of drug-likeness (QED) is 0.448. The van der Waals surface area contributed by atoms with Crippen molar-refractivity contribution in [1.29, 1.82) is 5.26 Å². The molecular weight excluding hydrogens is 264 g/mol. The Morgan fingerprint density at radius 3 is 2.89 bits per heavy atom. The van der Waals surface area contributed by atoms with Crippen LogP contribution in [0.5, 0.6) is 0 Å². The lowest BCUT2D eigenvalue weighted by atomic mass is 10.3.